The summed E-state index contributed by atoms with van der Waals surface area (Å²) in [4.78, 5) is 0. The molecular formula is C19H29FN4O3S. The summed E-state index contributed by atoms with van der Waals surface area (Å²) < 4.78 is 43.6. The highest BCUT2D eigenvalue weighted by molar-refractivity contribution is 7.92. The lowest BCUT2D eigenvalue weighted by Gasteiger charge is -2.30. The molecule has 156 valence electrons. The van der Waals surface area contributed by atoms with Crippen molar-refractivity contribution in [1.29, 1.82) is 0 Å². The third-order valence-corrected chi connectivity index (χ3v) is 7.83. The van der Waals surface area contributed by atoms with Crippen molar-refractivity contribution in [1.82, 2.24) is 5.32 Å². The van der Waals surface area contributed by atoms with Gasteiger partial charge in [-0.05, 0) is 55.7 Å². The Balaban J connectivity index is 2.17. The van der Waals surface area contributed by atoms with Gasteiger partial charge < -0.3 is 26.8 Å². The summed E-state index contributed by atoms with van der Waals surface area (Å²) >= 11 is 0. The van der Waals surface area contributed by atoms with Crippen molar-refractivity contribution in [2.75, 3.05) is 18.2 Å². The van der Waals surface area contributed by atoms with Crippen LogP contribution in [0, 0.1) is 5.82 Å². The van der Waals surface area contributed by atoms with Gasteiger partial charge in [0, 0.05) is 11.9 Å². The lowest BCUT2D eigenvalue weighted by atomic mass is 10.0. The summed E-state index contributed by atoms with van der Waals surface area (Å²) in [5, 5.41) is 6.31. The predicted molar refractivity (Wildman–Crippen MR) is 110 cm³/mol. The summed E-state index contributed by atoms with van der Waals surface area (Å²) in [5.41, 5.74) is 12.2. The molecule has 1 aromatic rings. The minimum Gasteiger partial charge on any atom is -0.495 e. The van der Waals surface area contributed by atoms with Crippen LogP contribution < -0.4 is 22.1 Å². The lowest BCUT2D eigenvalue weighted by Crippen LogP contribution is -2.55. The third-order valence-electron chi connectivity index (χ3n) is 5.02. The van der Waals surface area contributed by atoms with Crippen LogP contribution >= 0.6 is 0 Å². The molecule has 0 aromatic heterocycles. The number of methoxy groups -OCH3 is 1. The van der Waals surface area contributed by atoms with Crippen molar-refractivity contribution < 1.29 is 17.5 Å². The molecule has 0 saturated heterocycles. The van der Waals surface area contributed by atoms with Crippen LogP contribution in [0.4, 0.5) is 10.1 Å². The molecule has 2 rings (SSSR count). The van der Waals surface area contributed by atoms with E-state index in [0.29, 0.717) is 17.0 Å². The van der Waals surface area contributed by atoms with Crippen LogP contribution in [0.2, 0.25) is 0 Å². The van der Waals surface area contributed by atoms with Gasteiger partial charge in [0.2, 0.25) is 0 Å². The van der Waals surface area contributed by atoms with E-state index in [4.69, 9.17) is 16.2 Å². The molecule has 7 nitrogen and oxygen atoms in total. The number of anilines is 1. The highest BCUT2D eigenvalue weighted by atomic mass is 32.2. The van der Waals surface area contributed by atoms with E-state index in [-0.39, 0.29) is 11.9 Å². The van der Waals surface area contributed by atoms with Gasteiger partial charge in [0.15, 0.2) is 9.84 Å². The number of hydrogen-bond donors (Lipinski definition) is 4. The number of nitrogens with one attached hydrogen (secondary N) is 2. The summed E-state index contributed by atoms with van der Waals surface area (Å²) in [7, 11) is -2.08. The Hall–Kier alpha value is -2.10. The number of sulfone groups is 1. The first kappa shape index (κ1) is 22.2. The molecule has 0 aliphatic carbocycles. The molecule has 1 aliphatic rings. The minimum atomic E-state index is -3.65. The van der Waals surface area contributed by atoms with E-state index >= 15 is 0 Å². The normalized spacial score (nSPS) is 18.4. The van der Waals surface area contributed by atoms with Crippen molar-refractivity contribution in [2.45, 2.75) is 43.8 Å². The second kappa shape index (κ2) is 8.50. The Morgan fingerprint density at radius 3 is 2.57 bits per heavy atom. The van der Waals surface area contributed by atoms with Crippen molar-refractivity contribution >= 4 is 15.5 Å². The van der Waals surface area contributed by atoms with E-state index in [0.717, 1.165) is 0 Å². The van der Waals surface area contributed by atoms with Crippen molar-refractivity contribution in [3.63, 3.8) is 0 Å². The van der Waals surface area contributed by atoms with Crippen LogP contribution in [0.25, 0.3) is 0 Å². The van der Waals surface area contributed by atoms with Gasteiger partial charge in [-0.25, -0.2) is 12.8 Å². The molecule has 0 bridgehead atoms. The monoisotopic (exact) mass is 412 g/mol. The number of allylic oxidation sites excluding steroid dienone is 1. The maximum absolute atomic E-state index is 14.4. The number of halogens is 1. The zero-order valence-corrected chi connectivity index (χ0v) is 17.4. The minimum absolute atomic E-state index is 0.203. The average Bonchev–Trinajstić information content (AvgIpc) is 2.63. The van der Waals surface area contributed by atoms with Crippen LogP contribution in [-0.4, -0.2) is 38.4 Å². The summed E-state index contributed by atoms with van der Waals surface area (Å²) in [6, 6.07) is 4.55. The Labute approximate surface area is 165 Å². The molecular weight excluding hydrogens is 383 g/mol. The largest absolute Gasteiger partial charge is 0.495 e. The number of hydrogen-bond acceptors (Lipinski definition) is 7. The molecule has 2 unspecified atom stereocenters. The van der Waals surface area contributed by atoms with E-state index in [1.807, 2.05) is 12.2 Å². The van der Waals surface area contributed by atoms with E-state index in [1.54, 1.807) is 32.4 Å². The number of ether oxygens (including phenoxy) is 1. The maximum Gasteiger partial charge on any atom is 0.158 e. The van der Waals surface area contributed by atoms with Crippen LogP contribution in [-0.2, 0) is 14.6 Å². The molecule has 1 heterocycles. The van der Waals surface area contributed by atoms with Gasteiger partial charge in [-0.15, -0.1) is 0 Å². The third kappa shape index (κ3) is 4.84. The fraction of sp³-hybridized carbons (Fsp3) is 0.474. The number of nitrogens with two attached hydrogens (primary N) is 2. The van der Waals surface area contributed by atoms with Gasteiger partial charge in [0.25, 0.3) is 0 Å². The Morgan fingerprint density at radius 1 is 1.36 bits per heavy atom. The molecule has 1 aromatic carbocycles. The molecule has 28 heavy (non-hydrogen) atoms. The second-order valence-corrected chi connectivity index (χ2v) is 10.1. The van der Waals surface area contributed by atoms with Crippen LogP contribution in [0.15, 0.2) is 42.3 Å². The van der Waals surface area contributed by atoms with Crippen LogP contribution in [0.1, 0.15) is 32.3 Å². The first-order valence-electron chi connectivity index (χ1n) is 8.96. The molecule has 9 heteroatoms. The predicted octanol–water partition coefficient (Wildman–Crippen LogP) is 1.75. The Bertz CT molecular complexity index is 866. The quantitative estimate of drug-likeness (QED) is 0.480. The molecule has 0 saturated carbocycles. The first-order chi connectivity index (χ1) is 13.0. The second-order valence-electron chi connectivity index (χ2n) is 7.45. The van der Waals surface area contributed by atoms with E-state index in [2.05, 4.69) is 10.6 Å². The zero-order chi connectivity index (χ0) is 21.1. The van der Waals surface area contributed by atoms with Crippen molar-refractivity contribution in [3.8, 4) is 0 Å². The van der Waals surface area contributed by atoms with Gasteiger partial charge in [-0.3, -0.25) is 0 Å². The Kier molecular flexibility index (Phi) is 6.74. The number of dihydropyridines is 1. The van der Waals surface area contributed by atoms with Crippen LogP contribution in [0.5, 0.6) is 0 Å². The highest BCUT2D eigenvalue weighted by Gasteiger charge is 2.39. The zero-order valence-electron chi connectivity index (χ0n) is 16.6. The van der Waals surface area contributed by atoms with Gasteiger partial charge in [-0.2, -0.15) is 0 Å². The number of benzene rings is 1. The standard InChI is InChI=1S/C19H29FN4O3S/c1-12(11-28(25,26)19(2,3)18(21)22)15-9-13(5-7-16(15)20)24-17-8-6-14(27-4)10-23-17/h5-10,12,17-18,23-24H,11,21-22H2,1-4H3. The molecule has 0 radical (unpaired) electrons. The fourth-order valence-corrected chi connectivity index (χ4v) is 4.40. The SMILES string of the molecule is COC1=CNC(Nc2ccc(F)c(C(C)CS(=O)(=O)C(C)(C)C(N)N)c2)C=C1. The van der Waals surface area contributed by atoms with E-state index in [9.17, 15) is 12.8 Å². The van der Waals surface area contributed by atoms with Gasteiger partial charge in [0.1, 0.15) is 17.7 Å². The average molecular weight is 413 g/mol. The van der Waals surface area contributed by atoms with Gasteiger partial charge >= 0.3 is 0 Å². The Morgan fingerprint density at radius 2 is 2.04 bits per heavy atom. The van der Waals surface area contributed by atoms with Crippen molar-refractivity contribution in [2.24, 2.45) is 11.5 Å². The van der Waals surface area contributed by atoms with E-state index in [1.165, 1.54) is 19.9 Å². The smallest absolute Gasteiger partial charge is 0.158 e. The highest BCUT2D eigenvalue weighted by Crippen LogP contribution is 2.28. The topological polar surface area (TPSA) is 119 Å². The van der Waals surface area contributed by atoms with Crippen LogP contribution in [0.3, 0.4) is 0 Å². The molecule has 0 spiro atoms. The van der Waals surface area contributed by atoms with Gasteiger partial charge in [-0.1, -0.05) is 6.92 Å². The lowest BCUT2D eigenvalue weighted by molar-refractivity contribution is 0.301. The fourth-order valence-electron chi connectivity index (χ4n) is 2.72. The molecule has 0 amide bonds. The summed E-state index contributed by atoms with van der Waals surface area (Å²) in [5.74, 6) is -0.596. The molecule has 2 atom stereocenters. The maximum atomic E-state index is 14.4. The van der Waals surface area contributed by atoms with Crippen molar-refractivity contribution in [3.05, 3.63) is 53.7 Å². The summed E-state index contributed by atoms with van der Waals surface area (Å²) in [6.07, 6.45) is 4.16. The molecule has 0 fully saturated rings. The first-order valence-corrected chi connectivity index (χ1v) is 10.6. The number of rotatable bonds is 8. The van der Waals surface area contributed by atoms with Gasteiger partial charge in [0.05, 0.1) is 23.8 Å². The van der Waals surface area contributed by atoms with E-state index < -0.39 is 32.5 Å². The molecule has 1 aliphatic heterocycles. The molecule has 6 N–H and O–H groups in total. The summed E-state index contributed by atoms with van der Waals surface area (Å²) in [6.45, 7) is 4.64.